The first-order valence-electron chi connectivity index (χ1n) is 6.72. The van der Waals surface area contributed by atoms with Crippen molar-refractivity contribution < 1.29 is 9.53 Å². The summed E-state index contributed by atoms with van der Waals surface area (Å²) in [6.07, 6.45) is 1.59. The van der Waals surface area contributed by atoms with Crippen LogP contribution < -0.4 is 4.74 Å². The van der Waals surface area contributed by atoms with Crippen LogP contribution in [0.15, 0.2) is 36.5 Å². The van der Waals surface area contributed by atoms with Crippen molar-refractivity contribution in [3.05, 3.63) is 53.2 Å². The maximum absolute atomic E-state index is 11.4. The summed E-state index contributed by atoms with van der Waals surface area (Å²) in [6, 6.07) is 9.51. The van der Waals surface area contributed by atoms with E-state index in [0.29, 0.717) is 17.4 Å². The molecule has 20 heavy (non-hydrogen) atoms. The monoisotopic (exact) mass is 269 g/mol. The van der Waals surface area contributed by atoms with E-state index in [1.165, 1.54) is 6.92 Å². The Morgan fingerprint density at radius 2 is 1.95 bits per heavy atom. The van der Waals surface area contributed by atoms with Gasteiger partial charge in [0.15, 0.2) is 5.78 Å². The smallest absolute Gasteiger partial charge is 0.219 e. The number of carbonyl (C=O) groups is 1. The average molecular weight is 269 g/mol. The van der Waals surface area contributed by atoms with Crippen LogP contribution in [0.25, 0.3) is 0 Å². The van der Waals surface area contributed by atoms with E-state index in [1.807, 2.05) is 13.0 Å². The highest BCUT2D eigenvalue weighted by Gasteiger charge is 2.10. The van der Waals surface area contributed by atoms with Crippen LogP contribution in [0.1, 0.15) is 48.2 Å². The molecule has 1 aromatic carbocycles. The minimum absolute atomic E-state index is 0.00516. The molecule has 2 rings (SSSR count). The Balaban J connectivity index is 2.36. The van der Waals surface area contributed by atoms with Gasteiger partial charge in [-0.05, 0) is 43.0 Å². The van der Waals surface area contributed by atoms with E-state index in [9.17, 15) is 4.79 Å². The van der Waals surface area contributed by atoms with Crippen molar-refractivity contribution in [2.24, 2.45) is 0 Å². The number of rotatable bonds is 4. The molecule has 3 nitrogen and oxygen atoms in total. The maximum Gasteiger partial charge on any atom is 0.219 e. The highest BCUT2D eigenvalue weighted by molar-refractivity contribution is 5.94. The Bertz CT molecular complexity index is 633. The normalized spacial score (nSPS) is 10.7. The predicted octanol–water partition coefficient (Wildman–Crippen LogP) is 4.51. The second kappa shape index (κ2) is 5.87. The first kappa shape index (κ1) is 14.3. The lowest BCUT2D eigenvalue weighted by atomic mass is 10.0. The minimum atomic E-state index is 0.00516. The molecule has 0 saturated heterocycles. The molecule has 0 radical (unpaired) electrons. The van der Waals surface area contributed by atoms with Crippen molar-refractivity contribution in [1.82, 2.24) is 4.98 Å². The lowest BCUT2D eigenvalue weighted by Gasteiger charge is -2.14. The summed E-state index contributed by atoms with van der Waals surface area (Å²) in [4.78, 5) is 15.6. The van der Waals surface area contributed by atoms with E-state index >= 15 is 0 Å². The molecule has 3 heteroatoms. The van der Waals surface area contributed by atoms with Crippen molar-refractivity contribution in [2.75, 3.05) is 0 Å². The predicted molar refractivity (Wildman–Crippen MR) is 79.6 cm³/mol. The summed E-state index contributed by atoms with van der Waals surface area (Å²) >= 11 is 0. The molecule has 0 aliphatic heterocycles. The lowest BCUT2D eigenvalue weighted by Crippen LogP contribution is -1.98. The Hall–Kier alpha value is -2.16. The van der Waals surface area contributed by atoms with Crippen molar-refractivity contribution in [1.29, 1.82) is 0 Å². The molecular weight excluding hydrogens is 250 g/mol. The third-order valence-electron chi connectivity index (χ3n) is 3.15. The topological polar surface area (TPSA) is 39.2 Å². The summed E-state index contributed by atoms with van der Waals surface area (Å²) in [6.45, 7) is 7.80. The van der Waals surface area contributed by atoms with Gasteiger partial charge < -0.3 is 4.74 Å². The molecular formula is C17H19NO2. The summed E-state index contributed by atoms with van der Waals surface area (Å²) in [7, 11) is 0. The summed E-state index contributed by atoms with van der Waals surface area (Å²) in [5, 5.41) is 0. The Morgan fingerprint density at radius 3 is 2.60 bits per heavy atom. The third-order valence-corrected chi connectivity index (χ3v) is 3.15. The minimum Gasteiger partial charge on any atom is -0.439 e. The van der Waals surface area contributed by atoms with Crippen LogP contribution in [0.5, 0.6) is 11.6 Å². The van der Waals surface area contributed by atoms with Crippen molar-refractivity contribution in [2.45, 2.75) is 33.6 Å². The largest absolute Gasteiger partial charge is 0.439 e. The quantitative estimate of drug-likeness (QED) is 0.767. The highest BCUT2D eigenvalue weighted by atomic mass is 16.5. The van der Waals surface area contributed by atoms with E-state index in [4.69, 9.17) is 4.74 Å². The van der Waals surface area contributed by atoms with Crippen molar-refractivity contribution >= 4 is 5.78 Å². The Kier molecular flexibility index (Phi) is 4.18. The standard InChI is InChI=1S/C17H19NO2/c1-11(2)15-6-5-12(3)9-16(15)20-17-10-14(13(4)19)7-8-18-17/h5-11H,1-4H3. The molecule has 1 heterocycles. The zero-order chi connectivity index (χ0) is 14.7. The third kappa shape index (κ3) is 3.23. The SMILES string of the molecule is CC(=O)c1ccnc(Oc2cc(C)ccc2C(C)C)c1. The van der Waals surface area contributed by atoms with Gasteiger partial charge in [0, 0.05) is 17.8 Å². The maximum atomic E-state index is 11.4. The van der Waals surface area contributed by atoms with Gasteiger partial charge in [0.2, 0.25) is 5.88 Å². The summed E-state index contributed by atoms with van der Waals surface area (Å²) in [5.74, 6) is 1.62. The van der Waals surface area contributed by atoms with Gasteiger partial charge in [0.25, 0.3) is 0 Å². The Morgan fingerprint density at radius 1 is 1.20 bits per heavy atom. The van der Waals surface area contributed by atoms with Gasteiger partial charge in [-0.15, -0.1) is 0 Å². The van der Waals surface area contributed by atoms with E-state index in [2.05, 4.69) is 31.0 Å². The molecule has 0 fully saturated rings. The number of hydrogen-bond acceptors (Lipinski definition) is 3. The number of aromatic nitrogens is 1. The first-order chi connectivity index (χ1) is 9.47. The molecule has 0 saturated carbocycles. The fraction of sp³-hybridized carbons (Fsp3) is 0.294. The molecule has 0 spiro atoms. The van der Waals surface area contributed by atoms with Crippen LogP contribution in [0.4, 0.5) is 0 Å². The second-order valence-corrected chi connectivity index (χ2v) is 5.24. The van der Waals surface area contributed by atoms with Crippen LogP contribution in [-0.4, -0.2) is 10.8 Å². The molecule has 2 aromatic rings. The van der Waals surface area contributed by atoms with E-state index in [0.717, 1.165) is 16.9 Å². The number of aryl methyl sites for hydroxylation is 1. The highest BCUT2D eigenvalue weighted by Crippen LogP contribution is 2.30. The molecule has 0 unspecified atom stereocenters. The molecule has 0 aliphatic carbocycles. The van der Waals surface area contributed by atoms with Crippen LogP contribution in [-0.2, 0) is 0 Å². The molecule has 0 bridgehead atoms. The molecule has 0 aliphatic rings. The number of ether oxygens (including phenoxy) is 1. The van der Waals surface area contributed by atoms with Crippen LogP contribution in [0.2, 0.25) is 0 Å². The van der Waals surface area contributed by atoms with Crippen molar-refractivity contribution in [3.8, 4) is 11.6 Å². The van der Waals surface area contributed by atoms with Crippen LogP contribution in [0, 0.1) is 6.92 Å². The number of nitrogens with zero attached hydrogens (tertiary/aromatic N) is 1. The van der Waals surface area contributed by atoms with Gasteiger partial charge in [-0.1, -0.05) is 26.0 Å². The summed E-state index contributed by atoms with van der Waals surface area (Å²) < 4.78 is 5.88. The zero-order valence-corrected chi connectivity index (χ0v) is 12.3. The zero-order valence-electron chi connectivity index (χ0n) is 12.3. The first-order valence-corrected chi connectivity index (χ1v) is 6.72. The van der Waals surface area contributed by atoms with Gasteiger partial charge in [-0.2, -0.15) is 0 Å². The van der Waals surface area contributed by atoms with Gasteiger partial charge in [-0.3, -0.25) is 4.79 Å². The van der Waals surface area contributed by atoms with Crippen LogP contribution in [0.3, 0.4) is 0 Å². The molecule has 0 amide bonds. The molecule has 1 aromatic heterocycles. The summed E-state index contributed by atoms with van der Waals surface area (Å²) in [5.41, 5.74) is 2.87. The second-order valence-electron chi connectivity index (χ2n) is 5.24. The number of hydrogen-bond donors (Lipinski definition) is 0. The van der Waals surface area contributed by atoms with Gasteiger partial charge >= 0.3 is 0 Å². The number of benzene rings is 1. The fourth-order valence-electron chi connectivity index (χ4n) is 2.00. The molecule has 0 N–H and O–H groups in total. The average Bonchev–Trinajstić information content (AvgIpc) is 2.38. The van der Waals surface area contributed by atoms with Gasteiger partial charge in [0.1, 0.15) is 5.75 Å². The molecule has 104 valence electrons. The van der Waals surface area contributed by atoms with E-state index < -0.39 is 0 Å². The number of carbonyl (C=O) groups excluding carboxylic acids is 1. The number of pyridine rings is 1. The lowest BCUT2D eigenvalue weighted by molar-refractivity contribution is 0.101. The molecule has 0 atom stereocenters. The Labute approximate surface area is 119 Å². The van der Waals surface area contributed by atoms with E-state index in [-0.39, 0.29) is 5.78 Å². The fourth-order valence-corrected chi connectivity index (χ4v) is 2.00. The van der Waals surface area contributed by atoms with Gasteiger partial charge in [-0.25, -0.2) is 4.98 Å². The number of ketones is 1. The van der Waals surface area contributed by atoms with E-state index in [1.54, 1.807) is 18.3 Å². The van der Waals surface area contributed by atoms with Crippen molar-refractivity contribution in [3.63, 3.8) is 0 Å². The number of Topliss-reactive ketones (excluding diaryl/α,β-unsaturated/α-hetero) is 1. The van der Waals surface area contributed by atoms with Crippen LogP contribution >= 0.6 is 0 Å². The van der Waals surface area contributed by atoms with Gasteiger partial charge in [0.05, 0.1) is 0 Å².